The van der Waals surface area contributed by atoms with Gasteiger partial charge in [-0.25, -0.2) is 24.0 Å². The van der Waals surface area contributed by atoms with E-state index in [1.165, 1.54) is 6.92 Å². The van der Waals surface area contributed by atoms with Gasteiger partial charge in [0.1, 0.15) is 90.0 Å². The molecule has 2 N–H and O–H groups in total. The lowest BCUT2D eigenvalue weighted by Gasteiger charge is -2.13. The molecule has 7 heterocycles. The Balaban J connectivity index is 0.000000508. The smallest absolute Gasteiger partial charge is 0.463 e. The van der Waals surface area contributed by atoms with E-state index in [4.69, 9.17) is 61.6 Å². The van der Waals surface area contributed by atoms with E-state index in [0.29, 0.717) is 72.1 Å². The minimum atomic E-state index is -1.01. The van der Waals surface area contributed by atoms with Crippen molar-refractivity contribution in [2.24, 2.45) is 0 Å². The fourth-order valence-corrected chi connectivity index (χ4v) is 8.27. The summed E-state index contributed by atoms with van der Waals surface area (Å²) in [6.45, 7) is 9.26. The van der Waals surface area contributed by atoms with Crippen LogP contribution in [0.15, 0.2) is 0 Å². The summed E-state index contributed by atoms with van der Waals surface area (Å²) in [5.74, 6) is -3.44. The van der Waals surface area contributed by atoms with Crippen LogP contribution in [0.5, 0.6) is 0 Å². The Labute approximate surface area is 573 Å². The maximum absolute atomic E-state index is 11.8. The van der Waals surface area contributed by atoms with Crippen molar-refractivity contribution in [3.63, 3.8) is 0 Å². The van der Waals surface area contributed by atoms with E-state index in [-0.39, 0.29) is 136 Å². The molecular formula is C63H100O36. The standard InChI is InChI=1S/C29H44O17.C15H24O7.C8H14O4.C6H8O5.C4H6O3.CH4/c30-20(15-40-24(32)7-9-26(34)42-17-22-5-6-28(36)45-22)13-38-11-3-1-2-4-12-39-14-21(31)16-41-25(33)8-10-27(35)43-18-23-19-44-29(37)46-23;16-14-6-5-12(21-14)9-18-7-3-1-2-4-8-19-10-13-11-20-15(17)22-13;1-2-3-4-5-10-7-6-11-8(9)12-7;1-4(7)9-2-5-3-10-6(8)11-5;1-3-2-6-4(5)7-3;/h20-23,30-31H,1-19H2;12-13H,1-11H2;7H,2-6H2,1H3;5H,2-3H2,1H3;3H,2H2,1H3;1H4. The largest absolute Gasteiger partial charge is 0.510 e. The zero-order valence-corrected chi connectivity index (χ0v) is 55.8. The first-order valence-corrected chi connectivity index (χ1v) is 32.7. The molecule has 7 aliphatic heterocycles. The van der Waals surface area contributed by atoms with E-state index in [9.17, 15) is 67.7 Å². The molecule has 36 nitrogen and oxygen atoms in total. The molecule has 568 valence electrons. The van der Waals surface area contributed by atoms with Gasteiger partial charge in [-0.3, -0.25) is 33.6 Å². The third kappa shape index (κ3) is 47.1. The monoisotopic (exact) mass is 1430 g/mol. The van der Waals surface area contributed by atoms with Gasteiger partial charge in [0.05, 0.1) is 58.7 Å². The number of cyclic esters (lactones) is 12. The second-order valence-corrected chi connectivity index (χ2v) is 22.3. The van der Waals surface area contributed by atoms with Crippen LogP contribution in [0.2, 0.25) is 0 Å². The molecule has 0 aromatic carbocycles. The lowest BCUT2D eigenvalue weighted by molar-refractivity contribution is -0.156. The van der Waals surface area contributed by atoms with Crippen LogP contribution in [0.1, 0.15) is 150 Å². The molecule has 0 amide bonds. The summed E-state index contributed by atoms with van der Waals surface area (Å²) < 4.78 is 107. The number of rotatable bonds is 43. The van der Waals surface area contributed by atoms with Gasteiger partial charge in [0.25, 0.3) is 0 Å². The van der Waals surface area contributed by atoms with Crippen molar-refractivity contribution in [1.82, 2.24) is 0 Å². The highest BCUT2D eigenvalue weighted by Crippen LogP contribution is 2.17. The van der Waals surface area contributed by atoms with Gasteiger partial charge in [0.15, 0.2) is 24.9 Å². The highest BCUT2D eigenvalue weighted by molar-refractivity contribution is 5.78. The first-order valence-electron chi connectivity index (χ1n) is 32.7. The Morgan fingerprint density at radius 3 is 1.13 bits per heavy atom. The van der Waals surface area contributed by atoms with E-state index in [1.807, 2.05) is 0 Å². The molecule has 0 radical (unpaired) electrons. The molecular weight excluding hydrogens is 1330 g/mol. The summed E-state index contributed by atoms with van der Waals surface area (Å²) in [6.07, 6.45) is 4.11. The van der Waals surface area contributed by atoms with Crippen molar-refractivity contribution in [2.75, 3.05) is 126 Å². The quantitative estimate of drug-likeness (QED) is 0.0458. The van der Waals surface area contributed by atoms with Crippen LogP contribution in [0.3, 0.4) is 0 Å². The van der Waals surface area contributed by atoms with E-state index < -0.39 is 97.4 Å². The van der Waals surface area contributed by atoms with Gasteiger partial charge < -0.3 is 114 Å². The van der Waals surface area contributed by atoms with Crippen LogP contribution in [-0.4, -0.2) is 263 Å². The first-order chi connectivity index (χ1) is 47.1. The van der Waals surface area contributed by atoms with Crippen LogP contribution in [0.4, 0.5) is 24.0 Å². The molecule has 9 atom stereocenters. The summed E-state index contributed by atoms with van der Waals surface area (Å²) >= 11 is 0. The Bertz CT molecular complexity index is 2260. The predicted molar refractivity (Wildman–Crippen MR) is 328 cm³/mol. The van der Waals surface area contributed by atoms with E-state index in [0.717, 1.165) is 77.0 Å². The Hall–Kier alpha value is -7.64. The fourth-order valence-electron chi connectivity index (χ4n) is 8.27. The summed E-state index contributed by atoms with van der Waals surface area (Å²) in [4.78, 5) is 131. The number of carbonyl (C=O) groups is 12. The molecule has 7 saturated heterocycles. The van der Waals surface area contributed by atoms with Crippen molar-refractivity contribution >= 4 is 72.6 Å². The molecule has 9 unspecified atom stereocenters. The van der Waals surface area contributed by atoms with Crippen molar-refractivity contribution in [1.29, 1.82) is 0 Å². The summed E-state index contributed by atoms with van der Waals surface area (Å²) in [6, 6.07) is 0. The molecule has 7 aliphatic rings. The topological polar surface area (TPSA) is 448 Å². The SMILES string of the molecule is C.CC(=O)OCC1COC(=O)O1.CC1COC(=O)O1.CCCCCOC1COC(=O)O1.O=C(CCC(=O)OCC1CCC(=O)O1)OCC(O)COCCCCCCOCC(O)COC(=O)CCC(=O)OCC1COC(=O)O1.O=C1CCC(COCCCCCCOCC2COC(=O)O2)O1. The van der Waals surface area contributed by atoms with Crippen LogP contribution >= 0.6 is 0 Å². The lowest BCUT2D eigenvalue weighted by Crippen LogP contribution is -2.24. The van der Waals surface area contributed by atoms with Gasteiger partial charge in [-0.2, -0.15) is 0 Å². The molecule has 7 fully saturated rings. The number of esters is 7. The van der Waals surface area contributed by atoms with Crippen molar-refractivity contribution in [2.45, 2.75) is 205 Å². The third-order valence-corrected chi connectivity index (χ3v) is 13.4. The van der Waals surface area contributed by atoms with Crippen LogP contribution in [0.25, 0.3) is 0 Å². The van der Waals surface area contributed by atoms with Crippen LogP contribution in [0, 0.1) is 0 Å². The van der Waals surface area contributed by atoms with Crippen LogP contribution in [-0.2, 0) is 138 Å². The fraction of sp³-hybridized carbons (Fsp3) is 0.810. The van der Waals surface area contributed by atoms with Gasteiger partial charge >= 0.3 is 72.6 Å². The van der Waals surface area contributed by atoms with Gasteiger partial charge in [-0.05, 0) is 51.9 Å². The molecule has 0 saturated carbocycles. The molecule has 0 bridgehead atoms. The van der Waals surface area contributed by atoms with E-state index >= 15 is 0 Å². The van der Waals surface area contributed by atoms with Crippen molar-refractivity contribution in [3.05, 3.63) is 0 Å². The summed E-state index contributed by atoms with van der Waals surface area (Å²) in [5, 5.41) is 19.8. The molecule has 0 aromatic rings. The summed E-state index contributed by atoms with van der Waals surface area (Å²) in [5.41, 5.74) is 0. The minimum absolute atomic E-state index is 0. The number of unbranched alkanes of at least 4 members (excludes halogenated alkanes) is 8. The van der Waals surface area contributed by atoms with Crippen molar-refractivity contribution in [3.8, 4) is 0 Å². The first kappa shape index (κ1) is 87.4. The normalized spacial score (nSPS) is 21.2. The van der Waals surface area contributed by atoms with Gasteiger partial charge in [-0.15, -0.1) is 0 Å². The Morgan fingerprint density at radius 1 is 0.404 bits per heavy atom. The van der Waals surface area contributed by atoms with Gasteiger partial charge in [-0.1, -0.05) is 52.9 Å². The molecule has 0 aliphatic carbocycles. The highest BCUT2D eigenvalue weighted by atomic mass is 16.8. The summed E-state index contributed by atoms with van der Waals surface area (Å²) in [7, 11) is 0. The van der Waals surface area contributed by atoms with Crippen molar-refractivity contribution < 1.29 is 172 Å². The van der Waals surface area contributed by atoms with Gasteiger partial charge in [0, 0.05) is 46.2 Å². The number of ether oxygens (including phenoxy) is 22. The van der Waals surface area contributed by atoms with E-state index in [2.05, 4.69) is 49.6 Å². The molecule has 99 heavy (non-hydrogen) atoms. The zero-order chi connectivity index (χ0) is 71.6. The number of aliphatic hydroxyl groups excluding tert-OH is 2. The maximum atomic E-state index is 11.8. The molecule has 0 aromatic heterocycles. The molecule has 7 rings (SSSR count). The van der Waals surface area contributed by atoms with E-state index in [1.54, 1.807) is 6.92 Å². The molecule has 0 spiro atoms. The Morgan fingerprint density at radius 2 is 0.768 bits per heavy atom. The average Bonchev–Trinajstić information content (AvgIpc) is 2.06. The zero-order valence-electron chi connectivity index (χ0n) is 55.8. The lowest BCUT2D eigenvalue weighted by atomic mass is 10.2. The number of carbonyl (C=O) groups excluding carboxylic acids is 12. The van der Waals surface area contributed by atoms with Gasteiger partial charge in [0.2, 0.25) is 6.29 Å². The number of aliphatic hydroxyl groups is 2. The third-order valence-electron chi connectivity index (χ3n) is 13.4. The maximum Gasteiger partial charge on any atom is 0.510 e. The second-order valence-electron chi connectivity index (χ2n) is 22.3. The Kier molecular flexibility index (Phi) is 47.9. The highest BCUT2D eigenvalue weighted by Gasteiger charge is 2.30. The minimum Gasteiger partial charge on any atom is -0.463 e. The average molecular weight is 1430 g/mol. The predicted octanol–water partition coefficient (Wildman–Crippen LogP) is 5.05. The molecule has 36 heteroatoms. The number of hydrogen-bond acceptors (Lipinski definition) is 36. The number of hydrogen-bond donors (Lipinski definition) is 2. The van der Waals surface area contributed by atoms with Crippen LogP contribution < -0.4 is 0 Å². The second kappa shape index (κ2) is 54.2.